The molecule has 0 atom stereocenters. The molecule has 0 radical (unpaired) electrons. The summed E-state index contributed by atoms with van der Waals surface area (Å²) in [7, 11) is 0. The fourth-order valence-corrected chi connectivity index (χ4v) is 3.31. The lowest BCUT2D eigenvalue weighted by Crippen LogP contribution is -2.45. The molecule has 0 spiro atoms. The minimum Gasteiger partial charge on any atom is -0.352 e. The average Bonchev–Trinajstić information content (AvgIpc) is 2.60. The fourth-order valence-electron chi connectivity index (χ4n) is 3.31. The quantitative estimate of drug-likeness (QED) is 0.851. The summed E-state index contributed by atoms with van der Waals surface area (Å²) in [6, 6.07) is 17.8. The first-order valence-electron chi connectivity index (χ1n) is 8.76. The van der Waals surface area contributed by atoms with E-state index in [0.29, 0.717) is 18.7 Å². The minimum absolute atomic E-state index is 0.0479. The van der Waals surface area contributed by atoms with Crippen molar-refractivity contribution in [3.8, 4) is 0 Å². The second-order valence-electron chi connectivity index (χ2n) is 6.79. The van der Waals surface area contributed by atoms with E-state index in [-0.39, 0.29) is 17.2 Å². The third-order valence-corrected chi connectivity index (χ3v) is 5.04. The van der Waals surface area contributed by atoms with Crippen molar-refractivity contribution < 1.29 is 9.59 Å². The molecule has 4 heteroatoms. The summed E-state index contributed by atoms with van der Waals surface area (Å²) in [5.41, 5.74) is 3.02. The van der Waals surface area contributed by atoms with E-state index in [0.717, 1.165) is 18.4 Å². The van der Waals surface area contributed by atoms with Crippen molar-refractivity contribution >= 4 is 11.8 Å². The van der Waals surface area contributed by atoms with Gasteiger partial charge in [0.15, 0.2) is 0 Å². The number of hydrogen-bond acceptors (Lipinski definition) is 2. The van der Waals surface area contributed by atoms with Gasteiger partial charge in [0.2, 0.25) is 5.91 Å². The van der Waals surface area contributed by atoms with E-state index in [4.69, 9.17) is 0 Å². The van der Waals surface area contributed by atoms with Crippen LogP contribution in [-0.2, 0) is 16.8 Å². The van der Waals surface area contributed by atoms with Gasteiger partial charge in [0.05, 0.1) is 0 Å². The standard InChI is InChI=1S/C21H24N2O2/c1-16(24)22-14-17-8-10-18(11-9-17)20(25)23-15-21(12-5-13-21)19-6-3-2-4-7-19/h2-4,6-11H,5,12-15H2,1H3,(H,22,24)(H,23,25). The largest absolute Gasteiger partial charge is 0.352 e. The lowest BCUT2D eigenvalue weighted by Gasteiger charge is -2.42. The molecule has 2 amide bonds. The first-order valence-corrected chi connectivity index (χ1v) is 8.76. The van der Waals surface area contributed by atoms with Crippen molar-refractivity contribution in [1.29, 1.82) is 0 Å². The van der Waals surface area contributed by atoms with Gasteiger partial charge in [-0.2, -0.15) is 0 Å². The number of hydrogen-bond donors (Lipinski definition) is 2. The van der Waals surface area contributed by atoms with E-state index >= 15 is 0 Å². The third kappa shape index (κ3) is 4.08. The molecule has 0 aromatic heterocycles. The van der Waals surface area contributed by atoms with Crippen molar-refractivity contribution in [2.75, 3.05) is 6.54 Å². The highest BCUT2D eigenvalue weighted by atomic mass is 16.2. The number of amides is 2. The Bertz CT molecular complexity index is 734. The van der Waals surface area contributed by atoms with Crippen LogP contribution in [0.15, 0.2) is 54.6 Å². The highest BCUT2D eigenvalue weighted by Gasteiger charge is 2.38. The zero-order valence-electron chi connectivity index (χ0n) is 14.5. The summed E-state index contributed by atoms with van der Waals surface area (Å²) >= 11 is 0. The molecule has 1 aliphatic rings. The van der Waals surface area contributed by atoms with Gasteiger partial charge in [0.1, 0.15) is 0 Å². The number of rotatable bonds is 6. The van der Waals surface area contributed by atoms with Crippen molar-refractivity contribution in [3.05, 3.63) is 71.3 Å². The van der Waals surface area contributed by atoms with Gasteiger partial charge < -0.3 is 10.6 Å². The van der Waals surface area contributed by atoms with Gasteiger partial charge in [-0.3, -0.25) is 9.59 Å². The second kappa shape index (κ2) is 7.51. The Balaban J connectivity index is 1.59. The maximum Gasteiger partial charge on any atom is 0.251 e. The third-order valence-electron chi connectivity index (χ3n) is 5.04. The number of carbonyl (C=O) groups excluding carboxylic acids is 2. The van der Waals surface area contributed by atoms with Crippen LogP contribution in [-0.4, -0.2) is 18.4 Å². The Morgan fingerprint density at radius 1 is 0.960 bits per heavy atom. The van der Waals surface area contributed by atoms with Gasteiger partial charge in [-0.25, -0.2) is 0 Å². The first kappa shape index (κ1) is 17.2. The molecule has 1 fully saturated rings. The van der Waals surface area contributed by atoms with Gasteiger partial charge >= 0.3 is 0 Å². The molecule has 1 saturated carbocycles. The maximum absolute atomic E-state index is 12.5. The van der Waals surface area contributed by atoms with E-state index < -0.39 is 0 Å². The molecule has 130 valence electrons. The smallest absolute Gasteiger partial charge is 0.251 e. The molecular weight excluding hydrogens is 312 g/mol. The van der Waals surface area contributed by atoms with Crippen LogP contribution in [0.25, 0.3) is 0 Å². The van der Waals surface area contributed by atoms with Crippen LogP contribution in [0, 0.1) is 0 Å². The van der Waals surface area contributed by atoms with Crippen LogP contribution < -0.4 is 10.6 Å². The summed E-state index contributed by atoms with van der Waals surface area (Å²) in [6.45, 7) is 2.64. The molecule has 4 nitrogen and oxygen atoms in total. The molecule has 0 unspecified atom stereocenters. The monoisotopic (exact) mass is 336 g/mol. The van der Waals surface area contributed by atoms with Gasteiger partial charge in [-0.1, -0.05) is 48.9 Å². The van der Waals surface area contributed by atoms with E-state index in [1.54, 1.807) is 0 Å². The lowest BCUT2D eigenvalue weighted by molar-refractivity contribution is -0.119. The molecule has 0 aliphatic heterocycles. The Labute approximate surface area is 148 Å². The van der Waals surface area contributed by atoms with Crippen LogP contribution in [0.4, 0.5) is 0 Å². The topological polar surface area (TPSA) is 58.2 Å². The van der Waals surface area contributed by atoms with Crippen molar-refractivity contribution in [2.45, 2.75) is 38.1 Å². The SMILES string of the molecule is CC(=O)NCc1ccc(C(=O)NCC2(c3ccccc3)CCC2)cc1. The highest BCUT2D eigenvalue weighted by molar-refractivity contribution is 5.94. The molecule has 2 N–H and O–H groups in total. The van der Waals surface area contributed by atoms with Gasteiger partial charge in [0.25, 0.3) is 5.91 Å². The Morgan fingerprint density at radius 3 is 2.20 bits per heavy atom. The number of carbonyl (C=O) groups is 2. The van der Waals surface area contributed by atoms with Crippen LogP contribution in [0.1, 0.15) is 47.7 Å². The van der Waals surface area contributed by atoms with E-state index in [1.807, 2.05) is 30.3 Å². The molecule has 0 bridgehead atoms. The molecule has 3 rings (SSSR count). The van der Waals surface area contributed by atoms with E-state index in [9.17, 15) is 9.59 Å². The first-order chi connectivity index (χ1) is 12.1. The summed E-state index contributed by atoms with van der Waals surface area (Å²) in [4.78, 5) is 23.4. The Kier molecular flexibility index (Phi) is 5.17. The number of benzene rings is 2. The minimum atomic E-state index is -0.0615. The van der Waals surface area contributed by atoms with E-state index in [2.05, 4.69) is 34.9 Å². The molecule has 0 saturated heterocycles. The maximum atomic E-state index is 12.5. The molecule has 1 aliphatic carbocycles. The summed E-state index contributed by atoms with van der Waals surface area (Å²) in [5.74, 6) is -0.109. The zero-order valence-corrected chi connectivity index (χ0v) is 14.5. The predicted molar refractivity (Wildman–Crippen MR) is 98.3 cm³/mol. The van der Waals surface area contributed by atoms with Crippen molar-refractivity contribution in [3.63, 3.8) is 0 Å². The molecular formula is C21H24N2O2. The Morgan fingerprint density at radius 2 is 1.64 bits per heavy atom. The predicted octanol–water partition coefficient (Wildman–Crippen LogP) is 3.17. The number of nitrogens with one attached hydrogen (secondary N) is 2. The highest BCUT2D eigenvalue weighted by Crippen LogP contribution is 2.43. The van der Waals surface area contributed by atoms with Crippen LogP contribution in [0.5, 0.6) is 0 Å². The summed E-state index contributed by atoms with van der Waals surface area (Å²) < 4.78 is 0. The van der Waals surface area contributed by atoms with Crippen molar-refractivity contribution in [2.24, 2.45) is 0 Å². The molecule has 0 heterocycles. The van der Waals surface area contributed by atoms with Crippen molar-refractivity contribution in [1.82, 2.24) is 10.6 Å². The Hall–Kier alpha value is -2.62. The van der Waals surface area contributed by atoms with Gasteiger partial charge in [-0.15, -0.1) is 0 Å². The van der Waals surface area contributed by atoms with Crippen LogP contribution in [0.3, 0.4) is 0 Å². The van der Waals surface area contributed by atoms with E-state index in [1.165, 1.54) is 18.9 Å². The summed E-state index contributed by atoms with van der Waals surface area (Å²) in [6.07, 6.45) is 3.45. The summed E-state index contributed by atoms with van der Waals surface area (Å²) in [5, 5.41) is 5.85. The fraction of sp³-hybridized carbons (Fsp3) is 0.333. The molecule has 2 aromatic rings. The van der Waals surface area contributed by atoms with Crippen LogP contribution in [0.2, 0.25) is 0 Å². The van der Waals surface area contributed by atoms with Crippen LogP contribution >= 0.6 is 0 Å². The normalized spacial score (nSPS) is 15.1. The van der Waals surface area contributed by atoms with Gasteiger partial charge in [-0.05, 0) is 36.1 Å². The zero-order chi connectivity index (χ0) is 17.7. The lowest BCUT2D eigenvalue weighted by atomic mass is 9.64. The average molecular weight is 336 g/mol. The molecule has 2 aromatic carbocycles. The molecule has 25 heavy (non-hydrogen) atoms. The van der Waals surface area contributed by atoms with Gasteiger partial charge in [0, 0.05) is 31.0 Å². The second-order valence-corrected chi connectivity index (χ2v) is 6.79.